The average Bonchev–Trinajstić information content (AvgIpc) is 2.95. The van der Waals surface area contributed by atoms with Crippen molar-refractivity contribution in [1.82, 2.24) is 19.5 Å². The highest BCUT2D eigenvalue weighted by atomic mass is 16.3. The summed E-state index contributed by atoms with van der Waals surface area (Å²) in [5.41, 5.74) is 1.60. The molecule has 0 aromatic carbocycles. The number of hydrogen-bond acceptors (Lipinski definition) is 6. The molecule has 0 radical (unpaired) electrons. The number of fused-ring (bicyclic) bond motifs is 2. The van der Waals surface area contributed by atoms with Crippen molar-refractivity contribution in [2.24, 2.45) is 11.3 Å². The Morgan fingerprint density at radius 2 is 2.15 bits per heavy atom. The van der Waals surface area contributed by atoms with Gasteiger partial charge in [0.25, 0.3) is 0 Å². The Morgan fingerprint density at radius 1 is 1.35 bits per heavy atom. The molecule has 0 saturated heterocycles. The molecular weight excluding hydrogens is 260 g/mol. The number of imidazole rings is 1. The lowest BCUT2D eigenvalue weighted by Gasteiger charge is -2.23. The van der Waals surface area contributed by atoms with Gasteiger partial charge in [-0.15, -0.1) is 0 Å². The van der Waals surface area contributed by atoms with E-state index in [1.165, 1.54) is 6.33 Å². The van der Waals surface area contributed by atoms with Gasteiger partial charge in [-0.05, 0) is 19.3 Å². The first kappa shape index (κ1) is 12.2. The molecule has 106 valence electrons. The molecule has 7 heteroatoms. The van der Waals surface area contributed by atoms with Crippen LogP contribution in [0.4, 0.5) is 0 Å². The topological polar surface area (TPSA) is 104 Å². The Bertz CT molecular complexity index is 687. The van der Waals surface area contributed by atoms with Crippen LogP contribution < -0.4 is 0 Å². The maximum Gasteiger partial charge on any atom is 0.163 e. The van der Waals surface area contributed by atoms with Crippen molar-refractivity contribution in [3.63, 3.8) is 0 Å². The van der Waals surface area contributed by atoms with E-state index in [0.717, 1.165) is 12.1 Å². The van der Waals surface area contributed by atoms with Gasteiger partial charge in [0, 0.05) is 5.41 Å². The summed E-state index contributed by atoms with van der Waals surface area (Å²) in [5, 5.41) is 30.0. The molecule has 0 bridgehead atoms. The Labute approximate surface area is 114 Å². The van der Waals surface area contributed by atoms with Crippen LogP contribution in [-0.2, 0) is 0 Å². The summed E-state index contributed by atoms with van der Waals surface area (Å²) in [7, 11) is 0. The molecule has 2 saturated carbocycles. The SMILES string of the molecule is Cc1ncnc2c1ncn2C1C(O)C(O)C2(CO)CC12. The molecule has 2 aromatic rings. The van der Waals surface area contributed by atoms with Gasteiger partial charge in [-0.3, -0.25) is 0 Å². The predicted molar refractivity (Wildman–Crippen MR) is 68.7 cm³/mol. The standard InChI is InChI=1S/C13H16N4O3/c1-6-8-12(15-4-14-6)17(5-16-8)9-7-2-13(7,3-18)11(20)10(9)19/h4-5,7,9-11,18-20H,2-3H2,1H3. The number of aromatic nitrogens is 4. The monoisotopic (exact) mass is 276 g/mol. The van der Waals surface area contributed by atoms with Crippen molar-refractivity contribution in [1.29, 1.82) is 0 Å². The number of aryl methyl sites for hydroxylation is 1. The summed E-state index contributed by atoms with van der Waals surface area (Å²) < 4.78 is 1.81. The molecule has 5 unspecified atom stereocenters. The van der Waals surface area contributed by atoms with Gasteiger partial charge in [0.1, 0.15) is 17.9 Å². The third kappa shape index (κ3) is 1.27. The Hall–Kier alpha value is -1.57. The fraction of sp³-hybridized carbons (Fsp3) is 0.615. The summed E-state index contributed by atoms with van der Waals surface area (Å²) in [6.45, 7) is 1.75. The highest BCUT2D eigenvalue weighted by Gasteiger charge is 2.71. The molecule has 5 atom stereocenters. The summed E-state index contributed by atoms with van der Waals surface area (Å²) in [4.78, 5) is 12.6. The minimum absolute atomic E-state index is 0.0603. The van der Waals surface area contributed by atoms with Gasteiger partial charge in [0.2, 0.25) is 0 Å². The quantitative estimate of drug-likeness (QED) is 0.677. The second kappa shape index (κ2) is 3.75. The molecule has 2 aliphatic carbocycles. The number of aliphatic hydroxyl groups excluding tert-OH is 3. The molecule has 0 aliphatic heterocycles. The zero-order valence-electron chi connectivity index (χ0n) is 11.0. The van der Waals surface area contributed by atoms with Crippen LogP contribution in [0.2, 0.25) is 0 Å². The minimum atomic E-state index is -0.909. The third-order valence-corrected chi connectivity index (χ3v) is 5.01. The van der Waals surface area contributed by atoms with E-state index >= 15 is 0 Å². The fourth-order valence-electron chi connectivity index (χ4n) is 3.74. The lowest BCUT2D eigenvalue weighted by molar-refractivity contribution is -0.0300. The molecule has 4 rings (SSSR count). The van der Waals surface area contributed by atoms with E-state index in [9.17, 15) is 15.3 Å². The lowest BCUT2D eigenvalue weighted by Crippen LogP contribution is -2.35. The number of hydrogen-bond donors (Lipinski definition) is 3. The van der Waals surface area contributed by atoms with Crippen LogP contribution in [-0.4, -0.2) is 53.7 Å². The predicted octanol–water partition coefficient (Wildman–Crippen LogP) is -0.590. The maximum atomic E-state index is 10.3. The molecule has 2 fully saturated rings. The largest absolute Gasteiger partial charge is 0.396 e. The van der Waals surface area contributed by atoms with Gasteiger partial charge in [-0.2, -0.15) is 0 Å². The normalized spacial score (nSPS) is 39.2. The lowest BCUT2D eigenvalue weighted by atomic mass is 10.0. The highest BCUT2D eigenvalue weighted by molar-refractivity contribution is 5.73. The van der Waals surface area contributed by atoms with E-state index in [1.54, 1.807) is 6.33 Å². The highest BCUT2D eigenvalue weighted by Crippen LogP contribution is 2.67. The van der Waals surface area contributed by atoms with Crippen molar-refractivity contribution in [3.8, 4) is 0 Å². The van der Waals surface area contributed by atoms with Crippen LogP contribution in [0, 0.1) is 18.3 Å². The smallest absolute Gasteiger partial charge is 0.163 e. The van der Waals surface area contributed by atoms with Crippen molar-refractivity contribution in [3.05, 3.63) is 18.3 Å². The van der Waals surface area contributed by atoms with Gasteiger partial charge in [-0.25, -0.2) is 15.0 Å². The number of aliphatic hydroxyl groups is 3. The Morgan fingerprint density at radius 3 is 2.85 bits per heavy atom. The van der Waals surface area contributed by atoms with E-state index in [1.807, 2.05) is 11.5 Å². The van der Waals surface area contributed by atoms with Crippen LogP contribution in [0.1, 0.15) is 18.2 Å². The van der Waals surface area contributed by atoms with Crippen molar-refractivity contribution in [2.75, 3.05) is 6.61 Å². The molecule has 2 aliphatic rings. The Kier molecular flexibility index (Phi) is 2.28. The van der Waals surface area contributed by atoms with Gasteiger partial charge < -0.3 is 19.9 Å². The molecule has 2 aromatic heterocycles. The van der Waals surface area contributed by atoms with Crippen LogP contribution in [0.3, 0.4) is 0 Å². The molecule has 0 spiro atoms. The zero-order valence-corrected chi connectivity index (χ0v) is 11.0. The average molecular weight is 276 g/mol. The number of nitrogens with zero attached hydrogens (tertiary/aromatic N) is 4. The van der Waals surface area contributed by atoms with E-state index < -0.39 is 17.6 Å². The van der Waals surface area contributed by atoms with Gasteiger partial charge in [0.05, 0.1) is 30.8 Å². The second-order valence-electron chi connectivity index (χ2n) is 5.91. The summed E-state index contributed by atoms with van der Waals surface area (Å²) in [5.74, 6) is 0.0603. The van der Waals surface area contributed by atoms with Crippen LogP contribution in [0.15, 0.2) is 12.7 Å². The Balaban J connectivity index is 1.83. The van der Waals surface area contributed by atoms with E-state index in [-0.39, 0.29) is 18.6 Å². The fourth-order valence-corrected chi connectivity index (χ4v) is 3.74. The van der Waals surface area contributed by atoms with Gasteiger partial charge >= 0.3 is 0 Å². The zero-order chi connectivity index (χ0) is 14.1. The van der Waals surface area contributed by atoms with E-state index in [2.05, 4.69) is 15.0 Å². The van der Waals surface area contributed by atoms with Crippen molar-refractivity contribution < 1.29 is 15.3 Å². The second-order valence-corrected chi connectivity index (χ2v) is 5.91. The molecule has 2 heterocycles. The van der Waals surface area contributed by atoms with E-state index in [0.29, 0.717) is 11.2 Å². The maximum absolute atomic E-state index is 10.3. The van der Waals surface area contributed by atoms with Crippen LogP contribution >= 0.6 is 0 Å². The molecule has 3 N–H and O–H groups in total. The molecule has 7 nitrogen and oxygen atoms in total. The minimum Gasteiger partial charge on any atom is -0.396 e. The van der Waals surface area contributed by atoms with E-state index in [4.69, 9.17) is 0 Å². The van der Waals surface area contributed by atoms with Crippen molar-refractivity contribution >= 4 is 11.2 Å². The van der Waals surface area contributed by atoms with Gasteiger partial charge in [-0.1, -0.05) is 0 Å². The van der Waals surface area contributed by atoms with Crippen molar-refractivity contribution in [2.45, 2.75) is 31.6 Å². The molecular formula is C13H16N4O3. The van der Waals surface area contributed by atoms with Gasteiger partial charge in [0.15, 0.2) is 5.65 Å². The first-order chi connectivity index (χ1) is 9.60. The molecule has 20 heavy (non-hydrogen) atoms. The molecule has 0 amide bonds. The third-order valence-electron chi connectivity index (χ3n) is 5.01. The number of rotatable bonds is 2. The summed E-state index contributed by atoms with van der Waals surface area (Å²) in [6.07, 6.45) is 2.02. The summed E-state index contributed by atoms with van der Waals surface area (Å²) in [6, 6.07) is -0.295. The van der Waals surface area contributed by atoms with Crippen LogP contribution in [0.5, 0.6) is 0 Å². The van der Waals surface area contributed by atoms with Crippen LogP contribution in [0.25, 0.3) is 11.2 Å². The first-order valence-corrected chi connectivity index (χ1v) is 6.71. The first-order valence-electron chi connectivity index (χ1n) is 6.71. The summed E-state index contributed by atoms with van der Waals surface area (Å²) >= 11 is 0.